The van der Waals surface area contributed by atoms with Crippen LogP contribution in [-0.2, 0) is 9.84 Å². The summed E-state index contributed by atoms with van der Waals surface area (Å²) in [5.41, 5.74) is 0. The van der Waals surface area contributed by atoms with E-state index < -0.39 is 9.84 Å². The van der Waals surface area contributed by atoms with Gasteiger partial charge in [0.15, 0.2) is 9.84 Å². The molecule has 1 fully saturated rings. The lowest BCUT2D eigenvalue weighted by Crippen LogP contribution is -2.54. The maximum absolute atomic E-state index is 10.8. The number of nitrogens with one attached hydrogen (secondary N) is 1. The summed E-state index contributed by atoms with van der Waals surface area (Å²) in [6.07, 6.45) is 0.826. The van der Waals surface area contributed by atoms with E-state index in [0.717, 1.165) is 6.42 Å². The molecule has 12 heavy (non-hydrogen) atoms. The summed E-state index contributed by atoms with van der Waals surface area (Å²) in [7, 11) is -2.74. The third kappa shape index (κ3) is 2.43. The third-order valence-electron chi connectivity index (χ3n) is 2.09. The predicted molar refractivity (Wildman–Crippen MR) is 46.7 cm³/mol. The summed E-state index contributed by atoms with van der Waals surface area (Å²) in [6, 6.07) is 0.109. The molecule has 1 heterocycles. The molecule has 0 aromatic rings. The minimum absolute atomic E-state index is 0.0468. The zero-order valence-corrected chi connectivity index (χ0v) is 7.97. The van der Waals surface area contributed by atoms with Crippen molar-refractivity contribution in [2.24, 2.45) is 0 Å². The second-order valence-corrected chi connectivity index (χ2v) is 5.38. The molecule has 0 spiro atoms. The molecule has 1 rings (SSSR count). The molecule has 0 unspecified atom stereocenters. The highest BCUT2D eigenvalue weighted by molar-refractivity contribution is 7.92. The Kier molecular flexibility index (Phi) is 3.09. The molecule has 1 aliphatic heterocycles. The first kappa shape index (κ1) is 9.95. The van der Waals surface area contributed by atoms with Crippen molar-refractivity contribution in [2.45, 2.75) is 25.4 Å². The highest BCUT2D eigenvalue weighted by Gasteiger charge is 2.33. The first-order valence-electron chi connectivity index (χ1n) is 4.14. The molecule has 0 aliphatic carbocycles. The van der Waals surface area contributed by atoms with Crippen molar-refractivity contribution in [2.75, 3.05) is 18.1 Å². The molecule has 0 amide bonds. The number of aliphatic hydroxyl groups excluding tert-OH is 1. The highest BCUT2D eigenvalue weighted by Crippen LogP contribution is 2.11. The van der Waals surface area contributed by atoms with Gasteiger partial charge in [-0.3, -0.25) is 0 Å². The molecule has 1 atom stereocenters. The van der Waals surface area contributed by atoms with Crippen LogP contribution < -0.4 is 5.32 Å². The minimum Gasteiger partial charge on any atom is -0.395 e. The van der Waals surface area contributed by atoms with E-state index >= 15 is 0 Å². The van der Waals surface area contributed by atoms with Gasteiger partial charge >= 0.3 is 0 Å². The van der Waals surface area contributed by atoms with Crippen LogP contribution in [0, 0.1) is 0 Å². The van der Waals surface area contributed by atoms with Crippen LogP contribution in [0.5, 0.6) is 0 Å². The monoisotopic (exact) mass is 193 g/mol. The molecule has 0 radical (unpaired) electrons. The molecule has 4 nitrogen and oxygen atoms in total. The summed E-state index contributed by atoms with van der Waals surface area (Å²) in [5, 5.41) is 11.9. The maximum Gasteiger partial charge on any atom is 0.153 e. The second kappa shape index (κ2) is 3.72. The first-order valence-corrected chi connectivity index (χ1v) is 5.97. The Bertz CT molecular complexity index is 221. The summed E-state index contributed by atoms with van der Waals surface area (Å²) in [5.74, 6) is 0.451. The maximum atomic E-state index is 10.8. The van der Waals surface area contributed by atoms with E-state index in [4.69, 9.17) is 5.11 Å². The minimum atomic E-state index is -2.74. The number of aliphatic hydroxyl groups is 1. The van der Waals surface area contributed by atoms with Gasteiger partial charge in [0, 0.05) is 12.1 Å². The van der Waals surface area contributed by atoms with Gasteiger partial charge < -0.3 is 10.4 Å². The topological polar surface area (TPSA) is 66.4 Å². The third-order valence-corrected chi connectivity index (χ3v) is 3.92. The van der Waals surface area contributed by atoms with E-state index in [1.807, 2.05) is 6.92 Å². The Labute approximate surface area is 72.9 Å². The van der Waals surface area contributed by atoms with Gasteiger partial charge in [-0.2, -0.15) is 0 Å². The van der Waals surface area contributed by atoms with Crippen LogP contribution in [0.15, 0.2) is 0 Å². The lowest BCUT2D eigenvalue weighted by atomic mass is 10.2. The van der Waals surface area contributed by atoms with Crippen molar-refractivity contribution in [3.63, 3.8) is 0 Å². The van der Waals surface area contributed by atoms with Crippen LogP contribution in [-0.4, -0.2) is 43.7 Å². The smallest absolute Gasteiger partial charge is 0.153 e. The molecular weight excluding hydrogens is 178 g/mol. The quantitative estimate of drug-likeness (QED) is 0.610. The average molecular weight is 193 g/mol. The van der Waals surface area contributed by atoms with Gasteiger partial charge in [-0.15, -0.1) is 0 Å². The van der Waals surface area contributed by atoms with Crippen molar-refractivity contribution in [1.29, 1.82) is 0 Å². The zero-order chi connectivity index (χ0) is 9.19. The molecule has 0 saturated carbocycles. The van der Waals surface area contributed by atoms with Crippen LogP contribution in [0.3, 0.4) is 0 Å². The SMILES string of the molecule is CC[C@H](CO)NC1CS(=O)(=O)C1. The second-order valence-electron chi connectivity index (χ2n) is 3.23. The Hall–Kier alpha value is -0.130. The van der Waals surface area contributed by atoms with Crippen LogP contribution in [0.1, 0.15) is 13.3 Å². The Morgan fingerprint density at radius 1 is 1.58 bits per heavy atom. The van der Waals surface area contributed by atoms with Crippen LogP contribution in [0.25, 0.3) is 0 Å². The Morgan fingerprint density at radius 2 is 2.17 bits per heavy atom. The van der Waals surface area contributed by atoms with Gasteiger partial charge in [-0.1, -0.05) is 6.92 Å². The summed E-state index contributed by atoms with van der Waals surface area (Å²) >= 11 is 0. The van der Waals surface area contributed by atoms with Crippen molar-refractivity contribution in [3.05, 3.63) is 0 Å². The molecule has 1 aliphatic rings. The Balaban J connectivity index is 2.26. The largest absolute Gasteiger partial charge is 0.395 e. The molecular formula is C7H15NO3S. The highest BCUT2D eigenvalue weighted by atomic mass is 32.2. The van der Waals surface area contributed by atoms with E-state index in [1.54, 1.807) is 0 Å². The van der Waals surface area contributed by atoms with Crippen molar-refractivity contribution in [1.82, 2.24) is 5.32 Å². The standard InChI is InChI=1S/C7H15NO3S/c1-2-6(3-9)8-7-4-12(10,11)5-7/h6-9H,2-5H2,1H3/t6-/m1/s1. The number of hydrogen-bond acceptors (Lipinski definition) is 4. The van der Waals surface area contributed by atoms with Crippen LogP contribution >= 0.6 is 0 Å². The zero-order valence-electron chi connectivity index (χ0n) is 7.16. The van der Waals surface area contributed by atoms with Crippen molar-refractivity contribution < 1.29 is 13.5 Å². The molecule has 72 valence electrons. The molecule has 1 saturated heterocycles. The van der Waals surface area contributed by atoms with E-state index in [0.29, 0.717) is 0 Å². The molecule has 0 aromatic heterocycles. The predicted octanol–water partition coefficient (Wildman–Crippen LogP) is -0.856. The Morgan fingerprint density at radius 3 is 2.50 bits per heavy atom. The summed E-state index contributed by atoms with van der Waals surface area (Å²) in [4.78, 5) is 0. The fraction of sp³-hybridized carbons (Fsp3) is 1.00. The number of rotatable bonds is 4. The van der Waals surface area contributed by atoms with Crippen molar-refractivity contribution >= 4 is 9.84 Å². The van der Waals surface area contributed by atoms with E-state index in [9.17, 15) is 8.42 Å². The first-order chi connectivity index (χ1) is 5.57. The molecule has 2 N–H and O–H groups in total. The number of sulfone groups is 1. The summed E-state index contributed by atoms with van der Waals surface area (Å²) in [6.45, 7) is 2.04. The van der Waals surface area contributed by atoms with Crippen LogP contribution in [0.2, 0.25) is 0 Å². The fourth-order valence-corrected chi connectivity index (χ4v) is 2.61. The van der Waals surface area contributed by atoms with Crippen molar-refractivity contribution in [3.8, 4) is 0 Å². The normalized spacial score (nSPS) is 24.8. The van der Waals surface area contributed by atoms with Crippen LogP contribution in [0.4, 0.5) is 0 Å². The van der Waals surface area contributed by atoms with Gasteiger partial charge in [0.05, 0.1) is 18.1 Å². The van der Waals surface area contributed by atoms with Gasteiger partial charge in [-0.25, -0.2) is 8.42 Å². The van der Waals surface area contributed by atoms with Gasteiger partial charge in [-0.05, 0) is 6.42 Å². The molecule has 0 bridgehead atoms. The summed E-state index contributed by atoms with van der Waals surface area (Å²) < 4.78 is 21.5. The van der Waals surface area contributed by atoms with E-state index in [-0.39, 0.29) is 30.2 Å². The van der Waals surface area contributed by atoms with Gasteiger partial charge in [0.2, 0.25) is 0 Å². The van der Waals surface area contributed by atoms with Gasteiger partial charge in [0.25, 0.3) is 0 Å². The average Bonchev–Trinajstić information content (AvgIpc) is 1.96. The molecule has 0 aromatic carbocycles. The number of hydrogen-bond donors (Lipinski definition) is 2. The van der Waals surface area contributed by atoms with E-state index in [1.165, 1.54) is 0 Å². The fourth-order valence-electron chi connectivity index (χ4n) is 1.29. The lowest BCUT2D eigenvalue weighted by molar-refractivity contribution is 0.230. The molecule has 5 heteroatoms. The van der Waals surface area contributed by atoms with E-state index in [2.05, 4.69) is 5.32 Å². The lowest BCUT2D eigenvalue weighted by Gasteiger charge is -2.30. The van der Waals surface area contributed by atoms with Gasteiger partial charge in [0.1, 0.15) is 0 Å².